The molecule has 1 nitrogen and oxygen atoms in total. The molecule has 0 amide bonds. The van der Waals surface area contributed by atoms with Crippen LogP contribution in [-0.4, -0.2) is 0 Å². The van der Waals surface area contributed by atoms with E-state index in [1.54, 1.807) is 0 Å². The monoisotopic (exact) mass is 270 g/mol. The normalized spacial score (nSPS) is 12.4. The summed E-state index contributed by atoms with van der Waals surface area (Å²) in [5.74, 6) is 0.812. The molecule has 0 radical (unpaired) electrons. The lowest BCUT2D eigenvalue weighted by Crippen LogP contribution is -1.94. The number of rotatable bonds is 6. The predicted octanol–water partition coefficient (Wildman–Crippen LogP) is 5.64. The minimum Gasteiger partial charge on any atom is -0.494 e. The number of ether oxygens (including phenoxy) is 1. The van der Waals surface area contributed by atoms with Gasteiger partial charge in [0, 0.05) is 6.42 Å². The average Bonchev–Trinajstić information content (AvgIpc) is 2.45. The highest BCUT2D eigenvalue weighted by Gasteiger charge is 1.99. The quantitative estimate of drug-likeness (QED) is 0.480. The molecule has 0 atom stereocenters. The molecule has 0 heterocycles. The lowest BCUT2D eigenvalue weighted by Gasteiger charge is -2.10. The van der Waals surface area contributed by atoms with Crippen molar-refractivity contribution >= 4 is 0 Å². The zero-order valence-electron chi connectivity index (χ0n) is 13.4. The molecule has 0 saturated carbocycles. The minimum atomic E-state index is 0.593. The van der Waals surface area contributed by atoms with Crippen LogP contribution in [0, 0.1) is 13.8 Å². The van der Waals surface area contributed by atoms with E-state index < -0.39 is 0 Å². The van der Waals surface area contributed by atoms with Crippen LogP contribution in [0.4, 0.5) is 0 Å². The standard InChI is InChI=1S/C19H26O/c1-7-14(2)15(3)8-10-18(6)20-13-19-11-9-16(4)17(5)12-19/h7-9,11-12H,6,10,13H2,1-5H3/b14-7-,15-8-. The van der Waals surface area contributed by atoms with E-state index in [0.29, 0.717) is 6.61 Å². The molecular weight excluding hydrogens is 244 g/mol. The van der Waals surface area contributed by atoms with Crippen molar-refractivity contribution in [2.45, 2.75) is 47.6 Å². The smallest absolute Gasteiger partial charge is 0.113 e. The maximum absolute atomic E-state index is 5.73. The average molecular weight is 270 g/mol. The molecule has 0 N–H and O–H groups in total. The van der Waals surface area contributed by atoms with E-state index in [1.165, 1.54) is 27.8 Å². The van der Waals surface area contributed by atoms with Gasteiger partial charge in [-0.25, -0.2) is 0 Å². The fourth-order valence-corrected chi connectivity index (χ4v) is 1.79. The van der Waals surface area contributed by atoms with Gasteiger partial charge in [-0.1, -0.05) is 48.1 Å². The van der Waals surface area contributed by atoms with E-state index in [-0.39, 0.29) is 0 Å². The summed E-state index contributed by atoms with van der Waals surface area (Å²) in [6.07, 6.45) is 5.05. The molecule has 0 saturated heterocycles. The molecule has 1 aromatic rings. The maximum atomic E-state index is 5.73. The first-order valence-electron chi connectivity index (χ1n) is 7.10. The third kappa shape index (κ3) is 5.08. The summed E-state index contributed by atoms with van der Waals surface area (Å²) in [4.78, 5) is 0. The van der Waals surface area contributed by atoms with Crippen LogP contribution in [0.1, 0.15) is 43.9 Å². The largest absolute Gasteiger partial charge is 0.494 e. The van der Waals surface area contributed by atoms with Crippen molar-refractivity contribution < 1.29 is 4.74 Å². The van der Waals surface area contributed by atoms with Gasteiger partial charge >= 0.3 is 0 Å². The van der Waals surface area contributed by atoms with Crippen LogP contribution in [0.15, 0.2) is 53.8 Å². The lowest BCUT2D eigenvalue weighted by atomic mass is 10.1. The molecule has 0 aliphatic rings. The van der Waals surface area contributed by atoms with E-state index in [1.807, 2.05) is 0 Å². The predicted molar refractivity (Wildman–Crippen MR) is 87.7 cm³/mol. The summed E-state index contributed by atoms with van der Waals surface area (Å²) in [6.45, 7) is 15.1. The molecule has 1 rings (SSSR count). The Hall–Kier alpha value is -1.76. The number of allylic oxidation sites excluding steroid dienone is 4. The highest BCUT2D eigenvalue weighted by Crippen LogP contribution is 2.15. The Kier molecular flexibility index (Phi) is 6.30. The summed E-state index contributed by atoms with van der Waals surface area (Å²) < 4.78 is 5.73. The van der Waals surface area contributed by atoms with Crippen molar-refractivity contribution in [2.24, 2.45) is 0 Å². The van der Waals surface area contributed by atoms with Crippen molar-refractivity contribution in [1.29, 1.82) is 0 Å². The van der Waals surface area contributed by atoms with E-state index in [2.05, 4.69) is 71.5 Å². The van der Waals surface area contributed by atoms with Crippen LogP contribution in [0.2, 0.25) is 0 Å². The second kappa shape index (κ2) is 7.74. The van der Waals surface area contributed by atoms with Gasteiger partial charge in [-0.05, 0) is 51.3 Å². The summed E-state index contributed by atoms with van der Waals surface area (Å²) in [7, 11) is 0. The summed E-state index contributed by atoms with van der Waals surface area (Å²) in [5, 5.41) is 0. The van der Waals surface area contributed by atoms with Crippen molar-refractivity contribution in [2.75, 3.05) is 0 Å². The van der Waals surface area contributed by atoms with Gasteiger partial charge in [-0.3, -0.25) is 0 Å². The first kappa shape index (κ1) is 16.3. The van der Waals surface area contributed by atoms with Crippen LogP contribution >= 0.6 is 0 Å². The topological polar surface area (TPSA) is 9.23 Å². The molecule has 0 bridgehead atoms. The molecule has 0 aliphatic heterocycles. The third-order valence-corrected chi connectivity index (χ3v) is 3.71. The Balaban J connectivity index is 2.49. The zero-order chi connectivity index (χ0) is 15.1. The van der Waals surface area contributed by atoms with Gasteiger partial charge in [-0.15, -0.1) is 0 Å². The van der Waals surface area contributed by atoms with Crippen LogP contribution < -0.4 is 0 Å². The summed E-state index contributed by atoms with van der Waals surface area (Å²) >= 11 is 0. The van der Waals surface area contributed by atoms with Crippen molar-refractivity contribution in [3.63, 3.8) is 0 Å². The van der Waals surface area contributed by atoms with Gasteiger partial charge in [0.1, 0.15) is 6.61 Å². The molecule has 0 aliphatic carbocycles. The fraction of sp³-hybridized carbons (Fsp3) is 0.368. The van der Waals surface area contributed by atoms with Crippen LogP contribution in [0.5, 0.6) is 0 Å². The molecule has 0 fully saturated rings. The van der Waals surface area contributed by atoms with Crippen LogP contribution in [0.3, 0.4) is 0 Å². The molecule has 0 unspecified atom stereocenters. The molecule has 20 heavy (non-hydrogen) atoms. The molecule has 1 heteroatoms. The molecule has 0 spiro atoms. The van der Waals surface area contributed by atoms with Crippen molar-refractivity contribution in [3.8, 4) is 0 Å². The van der Waals surface area contributed by atoms with E-state index in [4.69, 9.17) is 4.74 Å². The van der Waals surface area contributed by atoms with Crippen LogP contribution in [0.25, 0.3) is 0 Å². The third-order valence-electron chi connectivity index (χ3n) is 3.71. The van der Waals surface area contributed by atoms with Gasteiger partial charge < -0.3 is 4.74 Å². The molecule has 108 valence electrons. The zero-order valence-corrected chi connectivity index (χ0v) is 13.4. The van der Waals surface area contributed by atoms with E-state index in [0.717, 1.165) is 12.2 Å². The second-order valence-corrected chi connectivity index (χ2v) is 5.31. The number of hydrogen-bond acceptors (Lipinski definition) is 1. The van der Waals surface area contributed by atoms with Gasteiger partial charge in [0.15, 0.2) is 0 Å². The molecular formula is C19H26O. The van der Waals surface area contributed by atoms with Gasteiger partial charge in [0.25, 0.3) is 0 Å². The number of benzene rings is 1. The van der Waals surface area contributed by atoms with Gasteiger partial charge in [0.05, 0.1) is 5.76 Å². The summed E-state index contributed by atoms with van der Waals surface area (Å²) in [6, 6.07) is 6.42. The van der Waals surface area contributed by atoms with E-state index in [9.17, 15) is 0 Å². The van der Waals surface area contributed by atoms with Crippen molar-refractivity contribution in [1.82, 2.24) is 0 Å². The Bertz CT molecular complexity index is 533. The molecule has 1 aromatic carbocycles. The lowest BCUT2D eigenvalue weighted by molar-refractivity contribution is 0.196. The highest BCUT2D eigenvalue weighted by atomic mass is 16.5. The van der Waals surface area contributed by atoms with E-state index >= 15 is 0 Å². The van der Waals surface area contributed by atoms with Gasteiger partial charge in [0.2, 0.25) is 0 Å². The Morgan fingerprint density at radius 1 is 1.15 bits per heavy atom. The van der Waals surface area contributed by atoms with Gasteiger partial charge in [-0.2, -0.15) is 0 Å². The van der Waals surface area contributed by atoms with Crippen LogP contribution in [-0.2, 0) is 11.3 Å². The Labute approximate surface area is 123 Å². The first-order valence-corrected chi connectivity index (χ1v) is 7.10. The summed E-state index contributed by atoms with van der Waals surface area (Å²) in [5.41, 5.74) is 6.39. The Morgan fingerprint density at radius 3 is 2.45 bits per heavy atom. The Morgan fingerprint density at radius 2 is 1.85 bits per heavy atom. The highest BCUT2D eigenvalue weighted by molar-refractivity contribution is 5.30. The second-order valence-electron chi connectivity index (χ2n) is 5.31. The SMILES string of the molecule is C=C(C/C=C(C)\C(C)=C/C)OCc1ccc(C)c(C)c1. The molecule has 0 aromatic heterocycles. The number of aryl methyl sites for hydroxylation is 2. The minimum absolute atomic E-state index is 0.593. The van der Waals surface area contributed by atoms with Crippen molar-refractivity contribution in [3.05, 3.63) is 70.5 Å². The number of hydrogen-bond donors (Lipinski definition) is 0. The first-order chi connectivity index (χ1) is 9.43. The fourth-order valence-electron chi connectivity index (χ4n) is 1.79. The maximum Gasteiger partial charge on any atom is 0.113 e.